The zero-order valence-corrected chi connectivity index (χ0v) is 12.3. The lowest BCUT2D eigenvalue weighted by Gasteiger charge is -2.18. The van der Waals surface area contributed by atoms with Gasteiger partial charge in [-0.3, -0.25) is 9.78 Å². The molecule has 0 saturated heterocycles. The number of hydrogen-bond donors (Lipinski definition) is 1. The first-order valence-electron chi connectivity index (χ1n) is 5.77. The van der Waals surface area contributed by atoms with E-state index in [0.717, 1.165) is 11.4 Å². The molecular weight excluding hydrogens is 282 g/mol. The Labute approximate surface area is 120 Å². The molecule has 0 spiro atoms. The lowest BCUT2D eigenvalue weighted by atomic mass is 9.95. The number of alkyl halides is 1. The summed E-state index contributed by atoms with van der Waals surface area (Å²) in [6.45, 7) is 3.59. The molecule has 2 heterocycles. The SMILES string of the molecule is CC(C)(CCl)C(=O)Nc1nc(-c2ccccn2)cs1. The fourth-order valence-electron chi connectivity index (χ4n) is 1.29. The van der Waals surface area contributed by atoms with E-state index in [1.807, 2.05) is 23.6 Å². The van der Waals surface area contributed by atoms with Crippen LogP contribution in [0, 0.1) is 5.41 Å². The van der Waals surface area contributed by atoms with E-state index in [0.29, 0.717) is 5.13 Å². The quantitative estimate of drug-likeness (QED) is 0.880. The molecule has 2 rings (SSSR count). The molecule has 0 radical (unpaired) electrons. The van der Waals surface area contributed by atoms with E-state index < -0.39 is 5.41 Å². The fourth-order valence-corrected chi connectivity index (χ4v) is 2.11. The smallest absolute Gasteiger partial charge is 0.233 e. The minimum Gasteiger partial charge on any atom is -0.301 e. The van der Waals surface area contributed by atoms with E-state index >= 15 is 0 Å². The largest absolute Gasteiger partial charge is 0.301 e. The standard InChI is InChI=1S/C13H14ClN3OS/c1-13(2,8-14)11(18)17-12-16-10(7-19-12)9-5-3-4-6-15-9/h3-7H,8H2,1-2H3,(H,16,17,18). The average molecular weight is 296 g/mol. The van der Waals surface area contributed by atoms with Crippen LogP contribution in [0.2, 0.25) is 0 Å². The van der Waals surface area contributed by atoms with Gasteiger partial charge in [-0.15, -0.1) is 22.9 Å². The summed E-state index contributed by atoms with van der Waals surface area (Å²) in [5.41, 5.74) is 0.929. The molecule has 0 aliphatic heterocycles. The number of nitrogens with one attached hydrogen (secondary N) is 1. The molecule has 1 amide bonds. The number of nitrogens with zero attached hydrogens (tertiary/aromatic N) is 2. The van der Waals surface area contributed by atoms with Gasteiger partial charge in [0, 0.05) is 17.5 Å². The van der Waals surface area contributed by atoms with Gasteiger partial charge in [0.25, 0.3) is 0 Å². The van der Waals surface area contributed by atoms with Crippen molar-refractivity contribution in [3.8, 4) is 11.4 Å². The molecule has 100 valence electrons. The molecule has 0 aliphatic carbocycles. The predicted octanol–water partition coefficient (Wildman–Crippen LogP) is 3.41. The van der Waals surface area contributed by atoms with Crippen LogP contribution in [0.15, 0.2) is 29.8 Å². The maximum atomic E-state index is 12.0. The number of thiazole rings is 1. The van der Waals surface area contributed by atoms with Crippen LogP contribution < -0.4 is 5.32 Å². The van der Waals surface area contributed by atoms with Crippen molar-refractivity contribution in [2.75, 3.05) is 11.2 Å². The number of hydrogen-bond acceptors (Lipinski definition) is 4. The molecular formula is C13H14ClN3OS. The highest BCUT2D eigenvalue weighted by molar-refractivity contribution is 7.14. The van der Waals surface area contributed by atoms with Crippen molar-refractivity contribution in [2.24, 2.45) is 5.41 Å². The van der Waals surface area contributed by atoms with E-state index in [9.17, 15) is 4.79 Å². The van der Waals surface area contributed by atoms with Crippen molar-refractivity contribution in [1.29, 1.82) is 0 Å². The third-order valence-corrected chi connectivity index (χ3v) is 4.03. The Bertz CT molecular complexity index is 568. The Kier molecular flexibility index (Phi) is 4.17. The van der Waals surface area contributed by atoms with Crippen LogP contribution in [-0.4, -0.2) is 21.8 Å². The van der Waals surface area contributed by atoms with Gasteiger partial charge in [-0.1, -0.05) is 6.07 Å². The van der Waals surface area contributed by atoms with Gasteiger partial charge in [0.15, 0.2) is 5.13 Å². The normalized spacial score (nSPS) is 11.3. The Balaban J connectivity index is 2.13. The lowest BCUT2D eigenvalue weighted by Crippen LogP contribution is -2.32. The monoisotopic (exact) mass is 295 g/mol. The first-order valence-corrected chi connectivity index (χ1v) is 7.19. The molecule has 4 nitrogen and oxygen atoms in total. The van der Waals surface area contributed by atoms with Crippen LogP contribution in [0.5, 0.6) is 0 Å². The molecule has 0 fully saturated rings. The molecule has 0 unspecified atom stereocenters. The van der Waals surface area contributed by atoms with Crippen LogP contribution in [0.1, 0.15) is 13.8 Å². The van der Waals surface area contributed by atoms with Gasteiger partial charge >= 0.3 is 0 Å². The van der Waals surface area contributed by atoms with Crippen LogP contribution in [0.3, 0.4) is 0 Å². The zero-order chi connectivity index (χ0) is 13.9. The van der Waals surface area contributed by atoms with Crippen molar-refractivity contribution in [3.63, 3.8) is 0 Å². The molecule has 2 aromatic heterocycles. The lowest BCUT2D eigenvalue weighted by molar-refractivity contribution is -0.122. The maximum Gasteiger partial charge on any atom is 0.233 e. The van der Waals surface area contributed by atoms with Gasteiger partial charge in [0.05, 0.1) is 11.1 Å². The topological polar surface area (TPSA) is 54.9 Å². The number of rotatable bonds is 4. The molecule has 0 saturated carbocycles. The Morgan fingerprint density at radius 2 is 2.21 bits per heavy atom. The van der Waals surface area contributed by atoms with Gasteiger partial charge in [0.2, 0.25) is 5.91 Å². The highest BCUT2D eigenvalue weighted by Gasteiger charge is 2.27. The molecule has 6 heteroatoms. The van der Waals surface area contributed by atoms with Crippen LogP contribution >= 0.6 is 22.9 Å². The summed E-state index contributed by atoms with van der Waals surface area (Å²) in [5.74, 6) is 0.126. The molecule has 0 aromatic carbocycles. The molecule has 1 N–H and O–H groups in total. The van der Waals surface area contributed by atoms with E-state index in [2.05, 4.69) is 15.3 Å². The number of pyridine rings is 1. The Morgan fingerprint density at radius 3 is 2.84 bits per heavy atom. The van der Waals surface area contributed by atoms with Crippen molar-refractivity contribution in [2.45, 2.75) is 13.8 Å². The van der Waals surface area contributed by atoms with Gasteiger partial charge in [-0.25, -0.2) is 4.98 Å². The first kappa shape index (κ1) is 14.0. The second-order valence-electron chi connectivity index (χ2n) is 4.72. The second-order valence-corrected chi connectivity index (χ2v) is 5.85. The summed E-state index contributed by atoms with van der Waals surface area (Å²) in [6, 6.07) is 5.63. The van der Waals surface area contributed by atoms with E-state index in [1.54, 1.807) is 20.0 Å². The molecule has 0 aliphatic rings. The predicted molar refractivity (Wildman–Crippen MR) is 78.5 cm³/mol. The third-order valence-electron chi connectivity index (χ3n) is 2.60. The average Bonchev–Trinajstić information content (AvgIpc) is 2.88. The number of halogens is 1. The van der Waals surface area contributed by atoms with Crippen molar-refractivity contribution in [1.82, 2.24) is 9.97 Å². The number of amides is 1. The second kappa shape index (κ2) is 5.67. The van der Waals surface area contributed by atoms with Crippen LogP contribution in [-0.2, 0) is 4.79 Å². The van der Waals surface area contributed by atoms with E-state index in [-0.39, 0.29) is 11.8 Å². The summed E-state index contributed by atoms with van der Waals surface area (Å²) in [5, 5.41) is 5.21. The van der Waals surface area contributed by atoms with Gasteiger partial charge in [-0.2, -0.15) is 0 Å². The third kappa shape index (κ3) is 3.30. The molecule has 19 heavy (non-hydrogen) atoms. The molecule has 0 bridgehead atoms. The van der Waals surface area contributed by atoms with Crippen LogP contribution in [0.4, 0.5) is 5.13 Å². The zero-order valence-electron chi connectivity index (χ0n) is 10.7. The van der Waals surface area contributed by atoms with Gasteiger partial charge < -0.3 is 5.32 Å². The minimum absolute atomic E-state index is 0.135. The summed E-state index contributed by atoms with van der Waals surface area (Å²) in [7, 11) is 0. The Hall–Kier alpha value is -1.46. The van der Waals surface area contributed by atoms with Crippen molar-refractivity contribution >= 4 is 34.0 Å². The van der Waals surface area contributed by atoms with Crippen molar-refractivity contribution in [3.05, 3.63) is 29.8 Å². The molecule has 0 atom stereocenters. The van der Waals surface area contributed by atoms with Gasteiger partial charge in [0.1, 0.15) is 5.69 Å². The number of carbonyl (C=O) groups excluding carboxylic acids is 1. The molecule has 2 aromatic rings. The van der Waals surface area contributed by atoms with Crippen LogP contribution in [0.25, 0.3) is 11.4 Å². The minimum atomic E-state index is -0.613. The number of anilines is 1. The summed E-state index contributed by atoms with van der Waals surface area (Å²) >= 11 is 7.14. The number of aromatic nitrogens is 2. The Morgan fingerprint density at radius 1 is 1.42 bits per heavy atom. The highest BCUT2D eigenvalue weighted by atomic mass is 35.5. The number of carbonyl (C=O) groups is 1. The summed E-state index contributed by atoms with van der Waals surface area (Å²) in [4.78, 5) is 20.5. The fraction of sp³-hybridized carbons (Fsp3) is 0.308. The van der Waals surface area contributed by atoms with E-state index in [4.69, 9.17) is 11.6 Å². The first-order chi connectivity index (χ1) is 9.03. The van der Waals surface area contributed by atoms with Gasteiger partial charge in [-0.05, 0) is 26.0 Å². The van der Waals surface area contributed by atoms with Crippen molar-refractivity contribution < 1.29 is 4.79 Å². The summed E-state index contributed by atoms with van der Waals surface area (Å²) < 4.78 is 0. The van der Waals surface area contributed by atoms with E-state index in [1.165, 1.54) is 11.3 Å². The highest BCUT2D eigenvalue weighted by Crippen LogP contribution is 2.25. The maximum absolute atomic E-state index is 12.0. The summed E-state index contributed by atoms with van der Waals surface area (Å²) in [6.07, 6.45) is 1.71.